The van der Waals surface area contributed by atoms with E-state index in [1.807, 2.05) is 18.2 Å². The first kappa shape index (κ1) is 21.5. The number of rotatable bonds is 6. The number of aryl methyl sites for hydroxylation is 2. The Kier molecular flexibility index (Phi) is 6.70. The van der Waals surface area contributed by atoms with Gasteiger partial charge in [-0.1, -0.05) is 63.9 Å². The maximum atomic E-state index is 13.1. The fourth-order valence-corrected chi connectivity index (χ4v) is 4.22. The van der Waals surface area contributed by atoms with Crippen molar-refractivity contribution in [3.8, 4) is 11.1 Å². The normalized spacial score (nSPS) is 10.8. The molecule has 0 heterocycles. The smallest absolute Gasteiger partial charge is 0.336 e. The van der Waals surface area contributed by atoms with Crippen molar-refractivity contribution in [1.29, 1.82) is 0 Å². The van der Waals surface area contributed by atoms with Gasteiger partial charge in [0.15, 0.2) is 5.78 Å². The lowest BCUT2D eigenvalue weighted by molar-refractivity contribution is 0.0692. The minimum atomic E-state index is -1.12. The molecule has 0 spiro atoms. The van der Waals surface area contributed by atoms with Gasteiger partial charge in [-0.2, -0.15) is 0 Å². The van der Waals surface area contributed by atoms with E-state index in [0.29, 0.717) is 10.0 Å². The maximum absolute atomic E-state index is 13.1. The van der Waals surface area contributed by atoms with Gasteiger partial charge in [-0.25, -0.2) is 4.79 Å². The van der Waals surface area contributed by atoms with Crippen molar-refractivity contribution in [3.05, 3.63) is 91.4 Å². The number of benzene rings is 3. The van der Waals surface area contributed by atoms with Gasteiger partial charge in [0.05, 0.1) is 5.56 Å². The summed E-state index contributed by atoms with van der Waals surface area (Å²) in [7, 11) is 0. The second-order valence-electron chi connectivity index (χ2n) is 6.70. The molecule has 0 radical (unpaired) electrons. The van der Waals surface area contributed by atoms with Crippen LogP contribution >= 0.6 is 31.9 Å². The lowest BCUT2D eigenvalue weighted by Crippen LogP contribution is -2.10. The number of carbonyl (C=O) groups is 2. The van der Waals surface area contributed by atoms with E-state index in [4.69, 9.17) is 0 Å². The minimum absolute atomic E-state index is 0.00139. The highest BCUT2D eigenvalue weighted by Crippen LogP contribution is 2.32. The Morgan fingerprint density at radius 1 is 0.759 bits per heavy atom. The number of hydrogen-bond acceptors (Lipinski definition) is 2. The van der Waals surface area contributed by atoms with Crippen molar-refractivity contribution in [2.75, 3.05) is 0 Å². The number of hydrogen-bond donors (Lipinski definition) is 1. The molecule has 0 unspecified atom stereocenters. The first-order valence-corrected chi connectivity index (χ1v) is 10.9. The Morgan fingerprint density at radius 3 is 1.93 bits per heavy atom. The standard InChI is InChI=1S/C24H20Br2O3/c1-3-14-11-16(23(27)22-13-18(26)7-10-21(22)24(28)29)5-8-19(14)20-9-6-17(25)12-15(20)4-2/h5-13H,3-4H2,1-2H3,(H,28,29). The summed E-state index contributed by atoms with van der Waals surface area (Å²) in [6.07, 6.45) is 1.67. The largest absolute Gasteiger partial charge is 0.478 e. The third kappa shape index (κ3) is 4.51. The molecule has 0 atom stereocenters. The Morgan fingerprint density at radius 2 is 1.31 bits per heavy atom. The maximum Gasteiger partial charge on any atom is 0.336 e. The van der Waals surface area contributed by atoms with Crippen molar-refractivity contribution < 1.29 is 14.7 Å². The second kappa shape index (κ2) is 9.06. The van der Waals surface area contributed by atoms with Gasteiger partial charge in [-0.05, 0) is 71.5 Å². The molecule has 0 fully saturated rings. The van der Waals surface area contributed by atoms with Crippen molar-refractivity contribution >= 4 is 43.6 Å². The molecule has 3 aromatic carbocycles. The van der Waals surface area contributed by atoms with Crippen LogP contribution < -0.4 is 0 Å². The first-order chi connectivity index (χ1) is 13.8. The van der Waals surface area contributed by atoms with Crippen LogP contribution in [0.4, 0.5) is 0 Å². The van der Waals surface area contributed by atoms with E-state index >= 15 is 0 Å². The number of carboxylic acids is 1. The summed E-state index contributed by atoms with van der Waals surface area (Å²) >= 11 is 6.86. The van der Waals surface area contributed by atoms with E-state index in [2.05, 4.69) is 57.8 Å². The molecule has 0 aliphatic rings. The van der Waals surface area contributed by atoms with Gasteiger partial charge >= 0.3 is 5.97 Å². The molecule has 1 N–H and O–H groups in total. The molecule has 0 saturated carbocycles. The quantitative estimate of drug-likeness (QED) is 0.362. The zero-order chi connectivity index (χ0) is 21.1. The zero-order valence-corrected chi connectivity index (χ0v) is 19.3. The summed E-state index contributed by atoms with van der Waals surface area (Å²) in [5.74, 6) is -1.41. The van der Waals surface area contributed by atoms with Crippen LogP contribution in [0.2, 0.25) is 0 Å². The highest BCUT2D eigenvalue weighted by molar-refractivity contribution is 9.10. The number of aromatic carboxylic acids is 1. The van der Waals surface area contributed by atoms with Crippen molar-refractivity contribution in [2.45, 2.75) is 26.7 Å². The average molecular weight is 516 g/mol. The Labute approximate surface area is 187 Å². The molecule has 0 saturated heterocycles. The molecular weight excluding hydrogens is 496 g/mol. The summed E-state index contributed by atoms with van der Waals surface area (Å²) in [6.45, 7) is 4.18. The molecule has 3 rings (SSSR count). The van der Waals surface area contributed by atoms with E-state index in [9.17, 15) is 14.7 Å². The van der Waals surface area contributed by atoms with Crippen LogP contribution in [0.3, 0.4) is 0 Å². The van der Waals surface area contributed by atoms with Gasteiger partial charge in [0.2, 0.25) is 0 Å². The molecule has 0 amide bonds. The predicted octanol–water partition coefficient (Wildman–Crippen LogP) is 6.93. The molecule has 0 aromatic heterocycles. The molecule has 148 valence electrons. The Hall–Kier alpha value is -2.24. The second-order valence-corrected chi connectivity index (χ2v) is 8.54. The van der Waals surface area contributed by atoms with Crippen molar-refractivity contribution in [2.24, 2.45) is 0 Å². The summed E-state index contributed by atoms with van der Waals surface area (Å²) in [5.41, 5.74) is 5.21. The number of carbonyl (C=O) groups excluding carboxylic acids is 1. The van der Waals surface area contributed by atoms with E-state index in [-0.39, 0.29) is 16.9 Å². The van der Waals surface area contributed by atoms with E-state index in [1.54, 1.807) is 18.2 Å². The SMILES string of the molecule is CCc1cc(Br)ccc1-c1ccc(C(=O)c2cc(Br)ccc2C(=O)O)cc1CC. The Balaban J connectivity index is 2.10. The topological polar surface area (TPSA) is 54.4 Å². The predicted molar refractivity (Wildman–Crippen MR) is 123 cm³/mol. The first-order valence-electron chi connectivity index (χ1n) is 9.35. The van der Waals surface area contributed by atoms with Crippen LogP contribution in [0.15, 0.2) is 63.5 Å². The summed E-state index contributed by atoms with van der Waals surface area (Å²) < 4.78 is 1.71. The zero-order valence-electron chi connectivity index (χ0n) is 16.1. The number of carboxylic acid groups (broad SMARTS) is 1. The fraction of sp³-hybridized carbons (Fsp3) is 0.167. The molecule has 5 heteroatoms. The summed E-state index contributed by atoms with van der Waals surface area (Å²) in [5, 5.41) is 9.45. The van der Waals surface area contributed by atoms with Crippen LogP contribution in [0.1, 0.15) is 51.3 Å². The monoisotopic (exact) mass is 514 g/mol. The summed E-state index contributed by atoms with van der Waals surface area (Å²) in [6, 6.07) is 16.5. The van der Waals surface area contributed by atoms with Crippen LogP contribution in [-0.4, -0.2) is 16.9 Å². The van der Waals surface area contributed by atoms with Crippen LogP contribution in [0.5, 0.6) is 0 Å². The highest BCUT2D eigenvalue weighted by atomic mass is 79.9. The van der Waals surface area contributed by atoms with Gasteiger partial charge < -0.3 is 5.11 Å². The third-order valence-corrected chi connectivity index (χ3v) is 5.93. The molecule has 29 heavy (non-hydrogen) atoms. The molecule has 0 aliphatic heterocycles. The molecule has 0 aliphatic carbocycles. The number of halogens is 2. The van der Waals surface area contributed by atoms with Crippen LogP contribution in [0, 0.1) is 0 Å². The Bertz CT molecular complexity index is 1100. The van der Waals surface area contributed by atoms with E-state index < -0.39 is 5.97 Å². The third-order valence-electron chi connectivity index (χ3n) is 4.94. The van der Waals surface area contributed by atoms with E-state index in [1.165, 1.54) is 11.6 Å². The molecule has 3 aromatic rings. The average Bonchev–Trinajstić information content (AvgIpc) is 2.72. The molecule has 0 bridgehead atoms. The van der Waals surface area contributed by atoms with Crippen LogP contribution in [-0.2, 0) is 12.8 Å². The van der Waals surface area contributed by atoms with Gasteiger partial charge in [-0.15, -0.1) is 0 Å². The van der Waals surface area contributed by atoms with E-state index in [0.717, 1.165) is 34.0 Å². The number of ketones is 1. The van der Waals surface area contributed by atoms with Crippen molar-refractivity contribution in [3.63, 3.8) is 0 Å². The van der Waals surface area contributed by atoms with Gasteiger partial charge in [0.25, 0.3) is 0 Å². The van der Waals surface area contributed by atoms with Gasteiger partial charge in [0.1, 0.15) is 0 Å². The van der Waals surface area contributed by atoms with Gasteiger partial charge in [0, 0.05) is 20.1 Å². The van der Waals surface area contributed by atoms with Gasteiger partial charge in [-0.3, -0.25) is 4.79 Å². The lowest BCUT2D eigenvalue weighted by atomic mass is 9.90. The van der Waals surface area contributed by atoms with Crippen molar-refractivity contribution in [1.82, 2.24) is 0 Å². The summed E-state index contributed by atoms with van der Waals surface area (Å²) in [4.78, 5) is 24.7. The molecular formula is C24H20Br2O3. The molecule has 3 nitrogen and oxygen atoms in total. The van der Waals surface area contributed by atoms with Crippen LogP contribution in [0.25, 0.3) is 11.1 Å². The lowest BCUT2D eigenvalue weighted by Gasteiger charge is -2.15. The minimum Gasteiger partial charge on any atom is -0.478 e. The highest BCUT2D eigenvalue weighted by Gasteiger charge is 2.20. The fourth-order valence-electron chi connectivity index (χ4n) is 3.45.